The normalized spacial score (nSPS) is 13.5. The molecule has 0 saturated carbocycles. The summed E-state index contributed by atoms with van der Waals surface area (Å²) in [5.41, 5.74) is 1.95. The second-order valence-electron chi connectivity index (χ2n) is 9.69. The lowest BCUT2D eigenvalue weighted by molar-refractivity contribution is -0.141. The average Bonchev–Trinajstić information content (AvgIpc) is 2.59. The van der Waals surface area contributed by atoms with Crippen LogP contribution in [-0.4, -0.2) is 47.5 Å². The minimum atomic E-state index is -0.835. The fourth-order valence-corrected chi connectivity index (χ4v) is 3.42. The monoisotopic (exact) mass is 433 g/mol. The fourth-order valence-electron chi connectivity index (χ4n) is 3.42. The first-order valence-electron chi connectivity index (χ1n) is 10.8. The van der Waals surface area contributed by atoms with Gasteiger partial charge < -0.3 is 20.3 Å². The number of nitrogens with one attached hydrogen (secondary N) is 2. The molecule has 1 rings (SSSR count). The van der Waals surface area contributed by atoms with Gasteiger partial charge in [-0.05, 0) is 71.1 Å². The molecule has 2 unspecified atom stereocenters. The SMILES string of the molecule is Cc1cccc(C)c1C(C(=O)NC(C)C)N(C)C(=O)C(NC(=O)OC(C)(C)C)C(C)C. The van der Waals surface area contributed by atoms with Crippen LogP contribution in [0.4, 0.5) is 4.79 Å². The van der Waals surface area contributed by atoms with Gasteiger partial charge in [-0.1, -0.05) is 32.0 Å². The number of carbonyl (C=O) groups excluding carboxylic acids is 3. The van der Waals surface area contributed by atoms with Crippen molar-refractivity contribution in [1.29, 1.82) is 0 Å². The summed E-state index contributed by atoms with van der Waals surface area (Å²) >= 11 is 0. The summed E-state index contributed by atoms with van der Waals surface area (Å²) in [5, 5.41) is 5.61. The number of alkyl carbamates (subject to hydrolysis) is 1. The molecule has 31 heavy (non-hydrogen) atoms. The Morgan fingerprint density at radius 2 is 1.48 bits per heavy atom. The zero-order chi connectivity index (χ0) is 24.1. The summed E-state index contributed by atoms with van der Waals surface area (Å²) in [6.45, 7) is 16.6. The number of aryl methyl sites for hydroxylation is 2. The summed E-state index contributed by atoms with van der Waals surface area (Å²) in [6, 6.07) is 4.04. The summed E-state index contributed by atoms with van der Waals surface area (Å²) < 4.78 is 5.33. The highest BCUT2D eigenvalue weighted by Gasteiger charge is 2.36. The van der Waals surface area contributed by atoms with Crippen molar-refractivity contribution in [1.82, 2.24) is 15.5 Å². The van der Waals surface area contributed by atoms with E-state index >= 15 is 0 Å². The van der Waals surface area contributed by atoms with Crippen LogP contribution in [0.1, 0.15) is 71.2 Å². The first kappa shape index (κ1) is 26.5. The second kappa shape index (κ2) is 10.6. The predicted octanol–water partition coefficient (Wildman–Crippen LogP) is 3.88. The van der Waals surface area contributed by atoms with Gasteiger partial charge in [-0.25, -0.2) is 4.79 Å². The first-order valence-corrected chi connectivity index (χ1v) is 10.8. The molecule has 0 aliphatic rings. The number of nitrogens with zero attached hydrogens (tertiary/aromatic N) is 1. The van der Waals surface area contributed by atoms with Crippen molar-refractivity contribution in [2.24, 2.45) is 5.92 Å². The number of hydrogen-bond donors (Lipinski definition) is 2. The third-order valence-electron chi connectivity index (χ3n) is 4.83. The molecule has 7 heteroatoms. The van der Waals surface area contributed by atoms with Crippen molar-refractivity contribution in [2.75, 3.05) is 7.05 Å². The maximum Gasteiger partial charge on any atom is 0.408 e. The van der Waals surface area contributed by atoms with Gasteiger partial charge in [-0.15, -0.1) is 0 Å². The molecule has 0 spiro atoms. The molecular formula is C24H39N3O4. The second-order valence-corrected chi connectivity index (χ2v) is 9.69. The minimum Gasteiger partial charge on any atom is -0.444 e. The molecule has 0 heterocycles. The molecule has 2 atom stereocenters. The number of likely N-dealkylation sites (N-methyl/N-ethyl adjacent to an activating group) is 1. The van der Waals surface area contributed by atoms with Crippen LogP contribution in [0.2, 0.25) is 0 Å². The number of ether oxygens (including phenoxy) is 1. The Hall–Kier alpha value is -2.57. The quantitative estimate of drug-likeness (QED) is 0.683. The predicted molar refractivity (Wildman–Crippen MR) is 123 cm³/mol. The van der Waals surface area contributed by atoms with Crippen molar-refractivity contribution >= 4 is 17.9 Å². The molecular weight excluding hydrogens is 394 g/mol. The molecule has 0 aliphatic carbocycles. The van der Waals surface area contributed by atoms with Gasteiger partial charge >= 0.3 is 6.09 Å². The summed E-state index contributed by atoms with van der Waals surface area (Å²) in [6.07, 6.45) is -0.664. The van der Waals surface area contributed by atoms with E-state index in [4.69, 9.17) is 4.74 Å². The third-order valence-corrected chi connectivity index (χ3v) is 4.83. The van der Waals surface area contributed by atoms with Gasteiger partial charge in [0.25, 0.3) is 0 Å². The van der Waals surface area contributed by atoms with E-state index in [9.17, 15) is 14.4 Å². The highest BCUT2D eigenvalue weighted by molar-refractivity contribution is 5.92. The van der Waals surface area contributed by atoms with E-state index in [1.54, 1.807) is 27.8 Å². The van der Waals surface area contributed by atoms with Crippen LogP contribution in [0.5, 0.6) is 0 Å². The average molecular weight is 434 g/mol. The van der Waals surface area contributed by atoms with Crippen LogP contribution in [-0.2, 0) is 14.3 Å². The number of rotatable bonds is 7. The molecule has 0 saturated heterocycles. The van der Waals surface area contributed by atoms with Gasteiger partial charge in [0.2, 0.25) is 11.8 Å². The van der Waals surface area contributed by atoms with Crippen LogP contribution in [0, 0.1) is 19.8 Å². The van der Waals surface area contributed by atoms with Crippen molar-refractivity contribution in [3.63, 3.8) is 0 Å². The number of carbonyl (C=O) groups is 3. The lowest BCUT2D eigenvalue weighted by Crippen LogP contribution is -2.54. The zero-order valence-corrected chi connectivity index (χ0v) is 20.6. The van der Waals surface area contributed by atoms with E-state index in [1.807, 2.05) is 59.7 Å². The van der Waals surface area contributed by atoms with Crippen molar-refractivity contribution < 1.29 is 19.1 Å². The van der Waals surface area contributed by atoms with Gasteiger partial charge in [0.05, 0.1) is 0 Å². The summed E-state index contributed by atoms with van der Waals surface area (Å²) in [4.78, 5) is 40.4. The summed E-state index contributed by atoms with van der Waals surface area (Å²) in [5.74, 6) is -0.815. The Morgan fingerprint density at radius 3 is 1.90 bits per heavy atom. The maximum absolute atomic E-state index is 13.5. The van der Waals surface area contributed by atoms with Crippen LogP contribution < -0.4 is 10.6 Å². The zero-order valence-electron chi connectivity index (χ0n) is 20.6. The van der Waals surface area contributed by atoms with E-state index in [-0.39, 0.29) is 23.8 Å². The third kappa shape index (κ3) is 7.56. The van der Waals surface area contributed by atoms with Gasteiger partial charge in [0.15, 0.2) is 0 Å². The van der Waals surface area contributed by atoms with Crippen molar-refractivity contribution in [2.45, 2.75) is 86.0 Å². The molecule has 0 fully saturated rings. The first-order chi connectivity index (χ1) is 14.2. The Labute approximate surface area is 186 Å². The molecule has 0 radical (unpaired) electrons. The summed E-state index contributed by atoms with van der Waals surface area (Å²) in [7, 11) is 1.60. The molecule has 0 aliphatic heterocycles. The Bertz CT molecular complexity index is 776. The van der Waals surface area contributed by atoms with Crippen LogP contribution in [0.3, 0.4) is 0 Å². The molecule has 1 aromatic rings. The topological polar surface area (TPSA) is 87.7 Å². The van der Waals surface area contributed by atoms with Crippen molar-refractivity contribution in [3.8, 4) is 0 Å². The van der Waals surface area contributed by atoms with E-state index in [0.717, 1.165) is 16.7 Å². The van der Waals surface area contributed by atoms with Gasteiger partial charge in [0.1, 0.15) is 17.7 Å². The van der Waals surface area contributed by atoms with E-state index in [1.165, 1.54) is 4.90 Å². The molecule has 7 nitrogen and oxygen atoms in total. The number of benzene rings is 1. The van der Waals surface area contributed by atoms with Gasteiger partial charge in [0, 0.05) is 13.1 Å². The maximum atomic E-state index is 13.5. The lowest BCUT2D eigenvalue weighted by Gasteiger charge is -2.34. The molecule has 1 aromatic carbocycles. The van der Waals surface area contributed by atoms with E-state index in [0.29, 0.717) is 0 Å². The molecule has 3 amide bonds. The fraction of sp³-hybridized carbons (Fsp3) is 0.625. The Kier molecular flexibility index (Phi) is 9.09. The largest absolute Gasteiger partial charge is 0.444 e. The molecule has 174 valence electrons. The smallest absolute Gasteiger partial charge is 0.408 e. The highest BCUT2D eigenvalue weighted by Crippen LogP contribution is 2.28. The van der Waals surface area contributed by atoms with Crippen LogP contribution in [0.25, 0.3) is 0 Å². The van der Waals surface area contributed by atoms with Crippen LogP contribution >= 0.6 is 0 Å². The number of amides is 3. The lowest BCUT2D eigenvalue weighted by atomic mass is 9.93. The molecule has 2 N–H and O–H groups in total. The molecule has 0 bridgehead atoms. The van der Waals surface area contributed by atoms with E-state index in [2.05, 4.69) is 10.6 Å². The minimum absolute atomic E-state index is 0.0800. The molecule has 0 aromatic heterocycles. The van der Waals surface area contributed by atoms with E-state index < -0.39 is 23.8 Å². The Balaban J connectivity index is 3.32. The van der Waals surface area contributed by atoms with Crippen molar-refractivity contribution in [3.05, 3.63) is 34.9 Å². The van der Waals surface area contributed by atoms with Gasteiger partial charge in [-0.2, -0.15) is 0 Å². The Morgan fingerprint density at radius 1 is 0.968 bits per heavy atom. The standard InChI is InChI=1S/C24H39N3O4/c1-14(2)19(26-23(30)31-24(7,8)9)22(29)27(10)20(21(28)25-15(3)4)18-16(5)12-11-13-17(18)6/h11-15,19-20H,1-10H3,(H,25,28)(H,26,30). The van der Waals surface area contributed by atoms with Crippen LogP contribution in [0.15, 0.2) is 18.2 Å². The van der Waals surface area contributed by atoms with Gasteiger partial charge in [-0.3, -0.25) is 9.59 Å². The highest BCUT2D eigenvalue weighted by atomic mass is 16.6. The number of hydrogen-bond acceptors (Lipinski definition) is 4.